The maximum atomic E-state index is 2.33. The van der Waals surface area contributed by atoms with Crippen molar-refractivity contribution in [3.8, 4) is 0 Å². The molecule has 0 atom stereocenters. The highest BCUT2D eigenvalue weighted by Gasteiger charge is 2.04. The van der Waals surface area contributed by atoms with Gasteiger partial charge in [0, 0.05) is 4.70 Å². The van der Waals surface area contributed by atoms with Gasteiger partial charge in [-0.2, -0.15) is 0 Å². The van der Waals surface area contributed by atoms with Crippen molar-refractivity contribution in [3.63, 3.8) is 0 Å². The van der Waals surface area contributed by atoms with Crippen molar-refractivity contribution >= 4 is 33.2 Å². The molecule has 0 N–H and O–H groups in total. The Morgan fingerprint density at radius 2 is 2.07 bits per heavy atom. The average molecular weight is 222 g/mol. The highest BCUT2D eigenvalue weighted by molar-refractivity contribution is 8.00. The molecule has 2 aromatic rings. The van der Waals surface area contributed by atoms with Crippen molar-refractivity contribution in [2.24, 2.45) is 0 Å². The van der Waals surface area contributed by atoms with E-state index < -0.39 is 0 Å². The molecule has 2 rings (SSSR count). The van der Waals surface area contributed by atoms with Gasteiger partial charge in [0.1, 0.15) is 0 Å². The summed E-state index contributed by atoms with van der Waals surface area (Å²) in [6.07, 6.45) is 3.27. The van der Waals surface area contributed by atoms with Crippen LogP contribution < -0.4 is 0 Å². The molecule has 0 fully saturated rings. The van der Waals surface area contributed by atoms with Crippen LogP contribution in [0.4, 0.5) is 0 Å². The second-order valence-corrected chi connectivity index (χ2v) is 5.64. The number of thiophene rings is 1. The largest absolute Gasteiger partial charge is 0.129 e. The summed E-state index contributed by atoms with van der Waals surface area (Å²) >= 11 is 3.74. The Labute approximate surface area is 93.3 Å². The van der Waals surface area contributed by atoms with E-state index >= 15 is 0 Å². The lowest BCUT2D eigenvalue weighted by molar-refractivity contribution is 1.14. The molecule has 0 saturated carbocycles. The second kappa shape index (κ2) is 3.95. The summed E-state index contributed by atoms with van der Waals surface area (Å²) in [5.41, 5.74) is 2.86. The fourth-order valence-corrected chi connectivity index (χ4v) is 3.44. The Morgan fingerprint density at radius 1 is 1.29 bits per heavy atom. The van der Waals surface area contributed by atoms with Crippen LogP contribution in [0.2, 0.25) is 0 Å². The molecule has 0 amide bonds. The first-order valence-electron chi connectivity index (χ1n) is 4.81. The van der Waals surface area contributed by atoms with Crippen molar-refractivity contribution in [2.45, 2.75) is 24.5 Å². The molecule has 1 aromatic carbocycles. The zero-order chi connectivity index (χ0) is 10.1. The van der Waals surface area contributed by atoms with E-state index in [1.54, 1.807) is 0 Å². The van der Waals surface area contributed by atoms with Crippen LogP contribution in [0.15, 0.2) is 22.4 Å². The number of fused-ring (bicyclic) bond motifs is 1. The van der Waals surface area contributed by atoms with Crippen LogP contribution in [0, 0.1) is 6.92 Å². The molecule has 74 valence electrons. The van der Waals surface area contributed by atoms with Crippen LogP contribution in [0.3, 0.4) is 0 Å². The maximum absolute atomic E-state index is 2.33. The summed E-state index contributed by atoms with van der Waals surface area (Å²) in [5, 5.41) is 1.43. The first-order chi connectivity index (χ1) is 6.74. The zero-order valence-electron chi connectivity index (χ0n) is 8.76. The van der Waals surface area contributed by atoms with Gasteiger partial charge in [-0.1, -0.05) is 13.0 Å². The quantitative estimate of drug-likeness (QED) is 0.674. The lowest BCUT2D eigenvalue weighted by atomic mass is 10.1. The molecule has 0 unspecified atom stereocenters. The van der Waals surface area contributed by atoms with Gasteiger partial charge in [0.25, 0.3) is 0 Å². The highest BCUT2D eigenvalue weighted by atomic mass is 32.2. The van der Waals surface area contributed by atoms with Gasteiger partial charge in [0.2, 0.25) is 0 Å². The van der Waals surface area contributed by atoms with E-state index in [0.717, 1.165) is 6.42 Å². The van der Waals surface area contributed by atoms with Crippen LogP contribution >= 0.6 is 23.1 Å². The van der Waals surface area contributed by atoms with Gasteiger partial charge >= 0.3 is 0 Å². The van der Waals surface area contributed by atoms with Crippen molar-refractivity contribution < 1.29 is 0 Å². The van der Waals surface area contributed by atoms with Crippen LogP contribution in [-0.2, 0) is 6.42 Å². The molecular formula is C12H14S2. The molecule has 0 saturated heterocycles. The fraction of sp³-hybridized carbons (Fsp3) is 0.333. The Hall–Kier alpha value is -0.470. The molecule has 0 aliphatic rings. The van der Waals surface area contributed by atoms with E-state index in [4.69, 9.17) is 0 Å². The van der Waals surface area contributed by atoms with Gasteiger partial charge in [-0.05, 0) is 48.2 Å². The van der Waals surface area contributed by atoms with Gasteiger partial charge in [-0.3, -0.25) is 0 Å². The van der Waals surface area contributed by atoms with E-state index in [2.05, 4.69) is 38.3 Å². The molecule has 0 nitrogen and oxygen atoms in total. The first-order valence-corrected chi connectivity index (χ1v) is 6.85. The third-order valence-corrected chi connectivity index (χ3v) is 4.64. The zero-order valence-corrected chi connectivity index (χ0v) is 10.4. The molecule has 0 aliphatic carbocycles. The third kappa shape index (κ3) is 1.69. The number of hydrogen-bond donors (Lipinski definition) is 0. The minimum Gasteiger partial charge on any atom is -0.129 e. The van der Waals surface area contributed by atoms with Crippen molar-refractivity contribution in [2.75, 3.05) is 6.26 Å². The van der Waals surface area contributed by atoms with Crippen molar-refractivity contribution in [1.29, 1.82) is 0 Å². The molecule has 0 radical (unpaired) electrons. The minimum atomic E-state index is 1.13. The highest BCUT2D eigenvalue weighted by Crippen LogP contribution is 2.34. The maximum Gasteiger partial charge on any atom is 0.0608 e. The standard InChI is InChI=1S/C12H14S2/c1-4-9-5-8(2)10-7-12(13-3)14-11(10)6-9/h5-7H,4H2,1-3H3. The van der Waals surface area contributed by atoms with Gasteiger partial charge in [-0.15, -0.1) is 23.1 Å². The van der Waals surface area contributed by atoms with E-state index in [1.165, 1.54) is 25.4 Å². The molecular weight excluding hydrogens is 208 g/mol. The molecule has 0 bridgehead atoms. The lowest BCUT2D eigenvalue weighted by Gasteiger charge is -2.00. The summed E-state index contributed by atoms with van der Waals surface area (Å²) in [7, 11) is 0. The van der Waals surface area contributed by atoms with Crippen molar-refractivity contribution in [1.82, 2.24) is 0 Å². The Balaban J connectivity index is 2.67. The SMILES string of the molecule is CCc1cc(C)c2cc(SC)sc2c1. The van der Waals surface area contributed by atoms with E-state index in [9.17, 15) is 0 Å². The molecule has 0 spiro atoms. The number of thioether (sulfide) groups is 1. The number of rotatable bonds is 2. The average Bonchev–Trinajstić information content (AvgIpc) is 2.61. The Kier molecular flexibility index (Phi) is 2.84. The second-order valence-electron chi connectivity index (χ2n) is 3.45. The molecule has 2 heteroatoms. The number of benzene rings is 1. The van der Waals surface area contributed by atoms with Crippen LogP contribution in [0.5, 0.6) is 0 Å². The van der Waals surface area contributed by atoms with Gasteiger partial charge in [0.15, 0.2) is 0 Å². The smallest absolute Gasteiger partial charge is 0.0608 e. The first kappa shape index (κ1) is 10.1. The summed E-state index contributed by atoms with van der Waals surface area (Å²) in [5.74, 6) is 0. The van der Waals surface area contributed by atoms with Crippen LogP contribution in [0.25, 0.3) is 10.1 Å². The fourth-order valence-electron chi connectivity index (χ4n) is 1.67. The third-order valence-electron chi connectivity index (χ3n) is 2.49. The summed E-state index contributed by atoms with van der Waals surface area (Å²) < 4.78 is 2.85. The Bertz CT molecular complexity index is 455. The monoisotopic (exact) mass is 222 g/mol. The molecule has 1 heterocycles. The van der Waals surface area contributed by atoms with E-state index in [-0.39, 0.29) is 0 Å². The minimum absolute atomic E-state index is 1.13. The topological polar surface area (TPSA) is 0 Å². The van der Waals surface area contributed by atoms with Crippen LogP contribution in [0.1, 0.15) is 18.1 Å². The van der Waals surface area contributed by atoms with Gasteiger partial charge < -0.3 is 0 Å². The normalized spacial score (nSPS) is 11.1. The number of hydrogen-bond acceptors (Lipinski definition) is 2. The number of aryl methyl sites for hydroxylation is 2. The summed E-state index contributed by atoms with van der Waals surface area (Å²) in [6.45, 7) is 4.42. The van der Waals surface area contributed by atoms with Gasteiger partial charge in [-0.25, -0.2) is 0 Å². The van der Waals surface area contributed by atoms with Crippen LogP contribution in [-0.4, -0.2) is 6.26 Å². The molecule has 0 aliphatic heterocycles. The Morgan fingerprint density at radius 3 is 2.71 bits per heavy atom. The van der Waals surface area contributed by atoms with E-state index in [1.807, 2.05) is 23.1 Å². The molecule has 1 aromatic heterocycles. The lowest BCUT2D eigenvalue weighted by Crippen LogP contribution is -1.81. The van der Waals surface area contributed by atoms with E-state index in [0.29, 0.717) is 0 Å². The predicted octanol–water partition coefficient (Wildman–Crippen LogP) is 4.49. The predicted molar refractivity (Wildman–Crippen MR) is 67.7 cm³/mol. The molecule has 14 heavy (non-hydrogen) atoms. The summed E-state index contributed by atoms with van der Waals surface area (Å²) in [6, 6.07) is 6.94. The van der Waals surface area contributed by atoms with Crippen molar-refractivity contribution in [3.05, 3.63) is 29.3 Å². The summed E-state index contributed by atoms with van der Waals surface area (Å²) in [4.78, 5) is 0. The van der Waals surface area contributed by atoms with Gasteiger partial charge in [0.05, 0.1) is 4.21 Å².